The van der Waals surface area contributed by atoms with Gasteiger partial charge in [0.25, 0.3) is 5.91 Å². The number of piperidine rings is 1. The summed E-state index contributed by atoms with van der Waals surface area (Å²) in [5, 5.41) is 11.2. The van der Waals surface area contributed by atoms with E-state index in [0.29, 0.717) is 31.0 Å². The van der Waals surface area contributed by atoms with Crippen molar-refractivity contribution in [2.24, 2.45) is 5.92 Å². The van der Waals surface area contributed by atoms with Gasteiger partial charge in [0.2, 0.25) is 10.0 Å². The molecular weight excluding hydrogens is 344 g/mol. The minimum atomic E-state index is -3.52. The Bertz CT molecular complexity index is 707. The minimum absolute atomic E-state index is 0.00802. The van der Waals surface area contributed by atoms with Crippen LogP contribution in [-0.4, -0.2) is 49.3 Å². The first-order chi connectivity index (χ1) is 11.8. The van der Waals surface area contributed by atoms with Crippen molar-refractivity contribution >= 4 is 21.9 Å². The highest BCUT2D eigenvalue weighted by atomic mass is 32.2. The molecule has 0 unspecified atom stereocenters. The third-order valence-corrected chi connectivity index (χ3v) is 6.26. The second-order valence-corrected chi connectivity index (χ2v) is 8.30. The Labute approximate surface area is 148 Å². The number of carboxylic acid groups (broad SMARTS) is 1. The van der Waals surface area contributed by atoms with Crippen LogP contribution in [0.2, 0.25) is 0 Å². The Morgan fingerprint density at radius 1 is 1.20 bits per heavy atom. The van der Waals surface area contributed by atoms with E-state index in [4.69, 9.17) is 5.11 Å². The Balaban J connectivity index is 1.96. The number of carbonyl (C=O) groups is 2. The number of amides is 1. The van der Waals surface area contributed by atoms with Gasteiger partial charge in [-0.05, 0) is 49.4 Å². The number of aliphatic carboxylic acids is 1. The molecule has 7 nitrogen and oxygen atoms in total. The normalized spacial score (nSPS) is 16.5. The standard InChI is InChI=1S/C17H24N2O5S/c1-13-8-11-19(12-9-13)25(23,24)15-6-4-14(5-7-15)17(22)18-10-2-3-16(20)21/h4-7,13H,2-3,8-12H2,1H3,(H,18,22)(H,20,21). The lowest BCUT2D eigenvalue weighted by Crippen LogP contribution is -2.37. The van der Waals surface area contributed by atoms with Gasteiger partial charge in [0.05, 0.1) is 4.90 Å². The first-order valence-electron chi connectivity index (χ1n) is 8.41. The maximum atomic E-state index is 12.6. The highest BCUT2D eigenvalue weighted by Gasteiger charge is 2.28. The lowest BCUT2D eigenvalue weighted by molar-refractivity contribution is -0.137. The van der Waals surface area contributed by atoms with E-state index in [1.54, 1.807) is 0 Å². The van der Waals surface area contributed by atoms with E-state index in [1.807, 2.05) is 0 Å². The molecule has 1 heterocycles. The maximum absolute atomic E-state index is 12.6. The maximum Gasteiger partial charge on any atom is 0.303 e. The predicted molar refractivity (Wildman–Crippen MR) is 92.8 cm³/mol. The summed E-state index contributed by atoms with van der Waals surface area (Å²) in [6.07, 6.45) is 2.05. The summed E-state index contributed by atoms with van der Waals surface area (Å²) in [5.41, 5.74) is 0.349. The van der Waals surface area contributed by atoms with Crippen LogP contribution in [0.3, 0.4) is 0 Å². The largest absolute Gasteiger partial charge is 0.481 e. The number of hydrogen-bond donors (Lipinski definition) is 2. The van der Waals surface area contributed by atoms with E-state index in [1.165, 1.54) is 28.6 Å². The Morgan fingerprint density at radius 3 is 2.36 bits per heavy atom. The van der Waals surface area contributed by atoms with Crippen LogP contribution < -0.4 is 5.32 Å². The molecule has 1 amide bonds. The van der Waals surface area contributed by atoms with Gasteiger partial charge in [0.1, 0.15) is 0 Å². The summed E-state index contributed by atoms with van der Waals surface area (Å²) >= 11 is 0. The van der Waals surface area contributed by atoms with Gasteiger partial charge in [-0.1, -0.05) is 6.92 Å². The fourth-order valence-corrected chi connectivity index (χ4v) is 4.17. The first kappa shape index (κ1) is 19.4. The molecule has 0 bridgehead atoms. The molecule has 0 radical (unpaired) electrons. The van der Waals surface area contributed by atoms with E-state index in [2.05, 4.69) is 12.2 Å². The van der Waals surface area contributed by atoms with Gasteiger partial charge in [-0.15, -0.1) is 0 Å². The summed E-state index contributed by atoms with van der Waals surface area (Å²) in [4.78, 5) is 22.6. The van der Waals surface area contributed by atoms with E-state index in [-0.39, 0.29) is 23.8 Å². The molecule has 8 heteroatoms. The van der Waals surface area contributed by atoms with Gasteiger partial charge in [0, 0.05) is 31.6 Å². The topological polar surface area (TPSA) is 104 Å². The third-order valence-electron chi connectivity index (χ3n) is 4.35. The van der Waals surface area contributed by atoms with Gasteiger partial charge in [-0.3, -0.25) is 9.59 Å². The quantitative estimate of drug-likeness (QED) is 0.713. The van der Waals surface area contributed by atoms with Crippen LogP contribution >= 0.6 is 0 Å². The highest BCUT2D eigenvalue weighted by molar-refractivity contribution is 7.89. The number of carbonyl (C=O) groups excluding carboxylic acids is 1. The van der Waals surface area contributed by atoms with Crippen LogP contribution in [0.4, 0.5) is 0 Å². The number of benzene rings is 1. The number of sulfonamides is 1. The van der Waals surface area contributed by atoms with Crippen LogP contribution in [0.15, 0.2) is 29.2 Å². The lowest BCUT2D eigenvalue weighted by Gasteiger charge is -2.29. The third kappa shape index (κ3) is 5.27. The average molecular weight is 368 g/mol. The molecular formula is C17H24N2O5S. The molecule has 25 heavy (non-hydrogen) atoms. The second-order valence-electron chi connectivity index (χ2n) is 6.36. The molecule has 1 aliphatic heterocycles. The summed E-state index contributed by atoms with van der Waals surface area (Å²) in [6, 6.07) is 5.84. The molecule has 2 N–H and O–H groups in total. The predicted octanol–water partition coefficient (Wildman–Crippen LogP) is 1.70. The molecule has 0 spiro atoms. The van der Waals surface area contributed by atoms with Crippen LogP contribution in [0.5, 0.6) is 0 Å². The Morgan fingerprint density at radius 2 is 1.80 bits per heavy atom. The van der Waals surface area contributed by atoms with E-state index in [0.717, 1.165) is 12.8 Å². The smallest absolute Gasteiger partial charge is 0.303 e. The number of hydrogen-bond acceptors (Lipinski definition) is 4. The Hall–Kier alpha value is -1.93. The molecule has 1 aromatic rings. The van der Waals surface area contributed by atoms with Crippen molar-refractivity contribution < 1.29 is 23.1 Å². The molecule has 0 saturated carbocycles. The van der Waals surface area contributed by atoms with Crippen LogP contribution in [0, 0.1) is 5.92 Å². The molecule has 0 aliphatic carbocycles. The molecule has 1 saturated heterocycles. The molecule has 0 aromatic heterocycles. The molecule has 1 fully saturated rings. The first-order valence-corrected chi connectivity index (χ1v) is 9.85. The van der Waals surface area contributed by atoms with Gasteiger partial charge in [-0.25, -0.2) is 8.42 Å². The van der Waals surface area contributed by atoms with Crippen molar-refractivity contribution in [1.82, 2.24) is 9.62 Å². The number of carboxylic acids is 1. The summed E-state index contributed by atoms with van der Waals surface area (Å²) in [5.74, 6) is -0.712. The van der Waals surface area contributed by atoms with Crippen LogP contribution in [0.1, 0.15) is 43.0 Å². The van der Waals surface area contributed by atoms with Crippen molar-refractivity contribution in [2.75, 3.05) is 19.6 Å². The van der Waals surface area contributed by atoms with Crippen molar-refractivity contribution in [3.05, 3.63) is 29.8 Å². The average Bonchev–Trinajstić information content (AvgIpc) is 2.59. The second kappa shape index (κ2) is 8.44. The summed E-state index contributed by atoms with van der Waals surface area (Å²) in [6.45, 7) is 3.43. The Kier molecular flexibility index (Phi) is 6.55. The van der Waals surface area contributed by atoms with Gasteiger partial charge in [0.15, 0.2) is 0 Å². The zero-order valence-corrected chi connectivity index (χ0v) is 15.1. The van der Waals surface area contributed by atoms with Crippen molar-refractivity contribution in [1.29, 1.82) is 0 Å². The number of rotatable bonds is 7. The highest BCUT2D eigenvalue weighted by Crippen LogP contribution is 2.23. The van der Waals surface area contributed by atoms with Crippen molar-refractivity contribution in [3.63, 3.8) is 0 Å². The van der Waals surface area contributed by atoms with Crippen LogP contribution in [0.25, 0.3) is 0 Å². The summed E-state index contributed by atoms with van der Waals surface area (Å²) < 4.78 is 26.7. The fourth-order valence-electron chi connectivity index (χ4n) is 2.70. The van der Waals surface area contributed by atoms with E-state index in [9.17, 15) is 18.0 Å². The monoisotopic (exact) mass is 368 g/mol. The lowest BCUT2D eigenvalue weighted by atomic mass is 10.0. The molecule has 1 aromatic carbocycles. The minimum Gasteiger partial charge on any atom is -0.481 e. The van der Waals surface area contributed by atoms with E-state index >= 15 is 0 Å². The molecule has 2 rings (SSSR count). The fraction of sp³-hybridized carbons (Fsp3) is 0.529. The van der Waals surface area contributed by atoms with E-state index < -0.39 is 16.0 Å². The molecule has 0 atom stereocenters. The number of nitrogens with zero attached hydrogens (tertiary/aromatic N) is 1. The van der Waals surface area contributed by atoms with Gasteiger partial charge in [-0.2, -0.15) is 4.31 Å². The van der Waals surface area contributed by atoms with Crippen LogP contribution in [-0.2, 0) is 14.8 Å². The SMILES string of the molecule is CC1CCN(S(=O)(=O)c2ccc(C(=O)NCCCC(=O)O)cc2)CC1. The molecule has 138 valence electrons. The van der Waals surface area contributed by atoms with Gasteiger partial charge < -0.3 is 10.4 Å². The summed E-state index contributed by atoms with van der Waals surface area (Å²) in [7, 11) is -3.52. The van der Waals surface area contributed by atoms with Gasteiger partial charge >= 0.3 is 5.97 Å². The molecule has 1 aliphatic rings. The van der Waals surface area contributed by atoms with Crippen molar-refractivity contribution in [2.45, 2.75) is 37.5 Å². The number of nitrogens with one attached hydrogen (secondary N) is 1. The van der Waals surface area contributed by atoms with Crippen molar-refractivity contribution in [3.8, 4) is 0 Å². The zero-order valence-electron chi connectivity index (χ0n) is 14.3. The zero-order chi connectivity index (χ0) is 18.4.